The van der Waals surface area contributed by atoms with E-state index < -0.39 is 5.41 Å². The fraction of sp³-hybridized carbons (Fsp3) is 0.909. The van der Waals surface area contributed by atoms with Crippen molar-refractivity contribution in [2.45, 2.75) is 37.2 Å². The second kappa shape index (κ2) is 5.99. The average molecular weight is 231 g/mol. The molecule has 0 aromatic carbocycles. The van der Waals surface area contributed by atoms with E-state index in [1.165, 1.54) is 25.7 Å². The Hall–Kier alpha value is 0.0969. The topological polar surface area (TPSA) is 27.7 Å². The van der Waals surface area contributed by atoms with Gasteiger partial charge >= 0.3 is 0 Å². The summed E-state index contributed by atoms with van der Waals surface area (Å²) in [6, 6.07) is 0. The van der Waals surface area contributed by atoms with Crippen molar-refractivity contribution in [2.75, 3.05) is 21.3 Å². The molecule has 0 aromatic rings. The number of methoxy groups -OCH3 is 3. The van der Waals surface area contributed by atoms with Gasteiger partial charge in [0.25, 0.3) is 0 Å². The lowest BCUT2D eigenvalue weighted by Crippen LogP contribution is -2.51. The summed E-state index contributed by atoms with van der Waals surface area (Å²) < 4.78 is 16.6. The smallest absolute Gasteiger partial charge is 0.166 e. The first kappa shape index (κ1) is 13.2. The number of hydrogen-bond acceptors (Lipinski definition) is 3. The molecule has 1 radical (unpaired) electrons. The van der Waals surface area contributed by atoms with Gasteiger partial charge in [0.15, 0.2) is 5.41 Å². The molecule has 89 valence electrons. The maximum Gasteiger partial charge on any atom is 0.166 e. The van der Waals surface area contributed by atoms with Crippen molar-refractivity contribution in [2.24, 2.45) is 5.92 Å². The van der Waals surface area contributed by atoms with Crippen LogP contribution in [0.2, 0.25) is 0 Å². The van der Waals surface area contributed by atoms with Gasteiger partial charge < -0.3 is 14.2 Å². The van der Waals surface area contributed by atoms with Gasteiger partial charge in [-0.2, -0.15) is 0 Å². The zero-order valence-electron chi connectivity index (χ0n) is 10.3. The molecule has 1 fully saturated rings. The Morgan fingerprint density at radius 1 is 1.20 bits per heavy atom. The van der Waals surface area contributed by atoms with Gasteiger partial charge in [-0.1, -0.05) is 0 Å². The van der Waals surface area contributed by atoms with Crippen LogP contribution in [-0.4, -0.2) is 43.1 Å². The normalized spacial score (nSPS) is 21.8. The van der Waals surface area contributed by atoms with E-state index in [1.807, 2.05) is 0 Å². The third-order valence-corrected chi connectivity index (χ3v) is 4.88. The Kier molecular flexibility index (Phi) is 5.25. The SMILES string of the molecule is COC(C1CC[CH]CC1)C([SiH3])(OC)OC. The second-order valence-corrected chi connectivity index (χ2v) is 5.68. The van der Waals surface area contributed by atoms with Gasteiger partial charge in [-0.3, -0.25) is 0 Å². The maximum absolute atomic E-state index is 5.61. The van der Waals surface area contributed by atoms with E-state index in [1.54, 1.807) is 21.3 Å². The molecule has 0 amide bonds. The van der Waals surface area contributed by atoms with Crippen LogP contribution in [0.25, 0.3) is 0 Å². The van der Waals surface area contributed by atoms with Gasteiger partial charge in [0.1, 0.15) is 6.10 Å². The molecule has 3 nitrogen and oxygen atoms in total. The van der Waals surface area contributed by atoms with Gasteiger partial charge in [-0.25, -0.2) is 0 Å². The van der Waals surface area contributed by atoms with Crippen LogP contribution in [-0.2, 0) is 14.2 Å². The van der Waals surface area contributed by atoms with Crippen LogP contribution in [0.15, 0.2) is 0 Å². The average Bonchev–Trinajstić information content (AvgIpc) is 2.31. The van der Waals surface area contributed by atoms with Crippen LogP contribution in [0.1, 0.15) is 25.7 Å². The van der Waals surface area contributed by atoms with Gasteiger partial charge in [-0.05, 0) is 38.0 Å². The molecule has 4 heteroatoms. The quantitative estimate of drug-likeness (QED) is 0.515. The molecule has 0 aromatic heterocycles. The van der Waals surface area contributed by atoms with Gasteiger partial charge in [0, 0.05) is 21.3 Å². The summed E-state index contributed by atoms with van der Waals surface area (Å²) in [4.78, 5) is 0. The highest BCUT2D eigenvalue weighted by molar-refractivity contribution is 6.13. The minimum absolute atomic E-state index is 0.0767. The lowest BCUT2D eigenvalue weighted by atomic mass is 9.84. The molecule has 1 saturated carbocycles. The molecule has 0 aliphatic heterocycles. The minimum Gasteiger partial charge on any atom is -0.376 e. The standard InChI is InChI=1S/C11H23O3Si/c1-12-10(11(15,13-2)14-3)9-7-5-4-6-8-9/h4,9-10H,5-8H2,1-3,15H3. The summed E-state index contributed by atoms with van der Waals surface area (Å²) in [5.41, 5.74) is -0.489. The Morgan fingerprint density at radius 3 is 2.13 bits per heavy atom. The Labute approximate surface area is 95.9 Å². The van der Waals surface area contributed by atoms with Gasteiger partial charge in [0.2, 0.25) is 0 Å². The Morgan fingerprint density at radius 2 is 1.73 bits per heavy atom. The highest BCUT2D eigenvalue weighted by Gasteiger charge is 2.40. The van der Waals surface area contributed by atoms with E-state index in [-0.39, 0.29) is 6.10 Å². The monoisotopic (exact) mass is 231 g/mol. The molecular formula is C11H23O3Si. The van der Waals surface area contributed by atoms with Crippen molar-refractivity contribution in [3.8, 4) is 0 Å². The summed E-state index contributed by atoms with van der Waals surface area (Å²) >= 11 is 0. The first-order valence-electron chi connectivity index (χ1n) is 5.62. The molecular weight excluding hydrogens is 208 g/mol. The van der Waals surface area contributed by atoms with Crippen molar-refractivity contribution in [1.82, 2.24) is 0 Å². The summed E-state index contributed by atoms with van der Waals surface area (Å²) in [5.74, 6) is 0.567. The lowest BCUT2D eigenvalue weighted by Gasteiger charge is -2.40. The fourth-order valence-electron chi connectivity index (χ4n) is 2.41. The van der Waals surface area contributed by atoms with E-state index in [0.29, 0.717) is 5.92 Å². The van der Waals surface area contributed by atoms with E-state index in [2.05, 4.69) is 6.42 Å². The predicted octanol–water partition coefficient (Wildman–Crippen LogP) is 0.708. The Bertz CT molecular complexity index is 177. The van der Waals surface area contributed by atoms with Crippen molar-refractivity contribution < 1.29 is 14.2 Å². The van der Waals surface area contributed by atoms with Gasteiger partial charge in [-0.15, -0.1) is 0 Å². The maximum atomic E-state index is 5.61. The second-order valence-electron chi connectivity index (χ2n) is 4.28. The molecule has 0 N–H and O–H groups in total. The molecule has 1 unspecified atom stereocenters. The zero-order valence-corrected chi connectivity index (χ0v) is 12.3. The third kappa shape index (κ3) is 3.03. The van der Waals surface area contributed by atoms with Crippen LogP contribution >= 0.6 is 0 Å². The zero-order chi connectivity index (χ0) is 11.3. The molecule has 1 atom stereocenters. The van der Waals surface area contributed by atoms with E-state index in [0.717, 1.165) is 10.2 Å². The molecule has 0 spiro atoms. The molecule has 1 aliphatic carbocycles. The van der Waals surface area contributed by atoms with Crippen LogP contribution in [0.5, 0.6) is 0 Å². The van der Waals surface area contributed by atoms with E-state index >= 15 is 0 Å². The van der Waals surface area contributed by atoms with E-state index in [4.69, 9.17) is 14.2 Å². The Balaban J connectivity index is 2.67. The van der Waals surface area contributed by atoms with Crippen LogP contribution in [0.3, 0.4) is 0 Å². The van der Waals surface area contributed by atoms with Gasteiger partial charge in [0.05, 0.1) is 10.2 Å². The molecule has 0 heterocycles. The van der Waals surface area contributed by atoms with Crippen molar-refractivity contribution >= 4 is 10.2 Å². The van der Waals surface area contributed by atoms with Crippen LogP contribution in [0, 0.1) is 12.3 Å². The van der Waals surface area contributed by atoms with E-state index in [9.17, 15) is 0 Å². The third-order valence-electron chi connectivity index (χ3n) is 3.49. The summed E-state index contributed by atoms with van der Waals surface area (Å²) in [6.45, 7) is 0. The fourth-order valence-corrected chi connectivity index (χ4v) is 3.11. The van der Waals surface area contributed by atoms with Crippen LogP contribution < -0.4 is 0 Å². The summed E-state index contributed by atoms with van der Waals surface area (Å²) in [5, 5.41) is 0. The molecule has 0 saturated heterocycles. The molecule has 1 aliphatic rings. The number of rotatable bonds is 5. The van der Waals surface area contributed by atoms with Crippen molar-refractivity contribution in [3.05, 3.63) is 6.42 Å². The highest BCUT2D eigenvalue weighted by Crippen LogP contribution is 2.32. The lowest BCUT2D eigenvalue weighted by molar-refractivity contribution is -0.223. The van der Waals surface area contributed by atoms with Crippen molar-refractivity contribution in [1.29, 1.82) is 0 Å². The molecule has 0 bridgehead atoms. The summed E-state index contributed by atoms with van der Waals surface area (Å²) in [7, 11) is 5.99. The predicted molar refractivity (Wildman–Crippen MR) is 63.7 cm³/mol. The first-order valence-corrected chi connectivity index (χ1v) is 6.62. The minimum atomic E-state index is -0.489. The highest BCUT2D eigenvalue weighted by atomic mass is 28.1. The van der Waals surface area contributed by atoms with Crippen LogP contribution in [0.4, 0.5) is 0 Å². The largest absolute Gasteiger partial charge is 0.376 e. The first-order chi connectivity index (χ1) is 7.18. The molecule has 15 heavy (non-hydrogen) atoms. The summed E-state index contributed by atoms with van der Waals surface area (Å²) in [6.07, 6.45) is 7.19. The number of ether oxygens (including phenoxy) is 3. The number of hydrogen-bond donors (Lipinski definition) is 0. The molecule has 1 rings (SSSR count). The van der Waals surface area contributed by atoms with Crippen molar-refractivity contribution in [3.63, 3.8) is 0 Å².